The van der Waals surface area contributed by atoms with E-state index in [-0.39, 0.29) is 6.54 Å². The molecule has 0 aliphatic carbocycles. The van der Waals surface area contributed by atoms with E-state index in [9.17, 15) is 8.42 Å². The van der Waals surface area contributed by atoms with E-state index in [2.05, 4.69) is 4.72 Å². The number of rotatable bonds is 4. The maximum absolute atomic E-state index is 11.4. The fourth-order valence-corrected chi connectivity index (χ4v) is 1.61. The van der Waals surface area contributed by atoms with E-state index in [1.807, 2.05) is 6.07 Å². The van der Waals surface area contributed by atoms with E-state index in [1.54, 1.807) is 18.2 Å². The fraction of sp³-hybridized carbons (Fsp3) is 0.333. The van der Waals surface area contributed by atoms with Gasteiger partial charge in [0.1, 0.15) is 0 Å². The lowest BCUT2D eigenvalue weighted by Gasteiger charge is -2.12. The molecule has 0 aromatic heterocycles. The molecule has 6 heteroatoms. The average Bonchev–Trinajstić information content (AvgIpc) is 2.15. The van der Waals surface area contributed by atoms with Gasteiger partial charge in [-0.15, -0.1) is 0 Å². The summed E-state index contributed by atoms with van der Waals surface area (Å²) in [6.07, 6.45) is 0. The number of nitrogens with one attached hydrogen (secondary N) is 1. The van der Waals surface area contributed by atoms with E-state index in [1.165, 1.54) is 14.1 Å². The van der Waals surface area contributed by atoms with Crippen LogP contribution in [0.15, 0.2) is 24.3 Å². The first-order chi connectivity index (χ1) is 6.92. The van der Waals surface area contributed by atoms with Crippen LogP contribution in [0.3, 0.4) is 0 Å². The van der Waals surface area contributed by atoms with Crippen molar-refractivity contribution in [2.75, 3.05) is 19.8 Å². The maximum atomic E-state index is 11.4. The van der Waals surface area contributed by atoms with Gasteiger partial charge in [0.15, 0.2) is 0 Å². The van der Waals surface area contributed by atoms with Crippen LogP contribution in [0.25, 0.3) is 0 Å². The Hall–Kier alpha value is -1.11. The topological polar surface area (TPSA) is 75.4 Å². The SMILES string of the molecule is CN(C)S(=O)(=O)NCc1cccc(N)c1. The molecule has 0 radical (unpaired) electrons. The molecule has 0 unspecified atom stereocenters. The van der Waals surface area contributed by atoms with E-state index >= 15 is 0 Å². The molecule has 0 atom stereocenters. The fourth-order valence-electron chi connectivity index (χ4n) is 1.01. The Bertz CT molecular complexity index is 429. The molecule has 5 nitrogen and oxygen atoms in total. The molecule has 15 heavy (non-hydrogen) atoms. The van der Waals surface area contributed by atoms with Crippen LogP contribution in [-0.4, -0.2) is 26.8 Å². The number of nitrogens with zero attached hydrogens (tertiary/aromatic N) is 1. The highest BCUT2D eigenvalue weighted by Crippen LogP contribution is 2.06. The second kappa shape index (κ2) is 4.61. The number of hydrogen-bond acceptors (Lipinski definition) is 3. The molecule has 0 heterocycles. The van der Waals surface area contributed by atoms with Crippen LogP contribution in [0.5, 0.6) is 0 Å². The van der Waals surface area contributed by atoms with Crippen molar-refractivity contribution < 1.29 is 8.42 Å². The molecule has 0 amide bonds. The highest BCUT2D eigenvalue weighted by Gasteiger charge is 2.11. The molecule has 0 aliphatic rings. The van der Waals surface area contributed by atoms with Gasteiger partial charge in [-0.25, -0.2) is 0 Å². The van der Waals surface area contributed by atoms with Crippen LogP contribution in [-0.2, 0) is 16.8 Å². The molecular weight excluding hydrogens is 214 g/mol. The molecule has 1 rings (SSSR count). The van der Waals surface area contributed by atoms with Crippen LogP contribution in [0.4, 0.5) is 5.69 Å². The molecule has 0 fully saturated rings. The summed E-state index contributed by atoms with van der Waals surface area (Å²) in [4.78, 5) is 0. The van der Waals surface area contributed by atoms with Crippen LogP contribution in [0.2, 0.25) is 0 Å². The van der Waals surface area contributed by atoms with E-state index < -0.39 is 10.2 Å². The summed E-state index contributed by atoms with van der Waals surface area (Å²) in [6.45, 7) is 0.242. The summed E-state index contributed by atoms with van der Waals surface area (Å²) < 4.78 is 26.3. The van der Waals surface area contributed by atoms with Gasteiger partial charge in [0.2, 0.25) is 0 Å². The van der Waals surface area contributed by atoms with Crippen molar-refractivity contribution in [3.63, 3.8) is 0 Å². The lowest BCUT2D eigenvalue weighted by molar-refractivity contribution is 0.505. The van der Waals surface area contributed by atoms with E-state index in [0.29, 0.717) is 5.69 Å². The van der Waals surface area contributed by atoms with Crippen LogP contribution < -0.4 is 10.5 Å². The Labute approximate surface area is 90.1 Å². The third kappa shape index (κ3) is 3.50. The van der Waals surface area contributed by atoms with Gasteiger partial charge in [-0.05, 0) is 17.7 Å². The Morgan fingerprint density at radius 3 is 2.60 bits per heavy atom. The Balaban J connectivity index is 2.66. The predicted octanol–water partition coefficient (Wildman–Crippen LogP) is 0.165. The van der Waals surface area contributed by atoms with Crippen LogP contribution >= 0.6 is 0 Å². The molecule has 3 N–H and O–H groups in total. The molecule has 0 saturated heterocycles. The summed E-state index contributed by atoms with van der Waals surface area (Å²) in [5.41, 5.74) is 7.03. The third-order valence-corrected chi connectivity index (χ3v) is 3.36. The molecule has 1 aromatic rings. The van der Waals surface area contributed by atoms with Gasteiger partial charge in [0, 0.05) is 26.3 Å². The van der Waals surface area contributed by atoms with Gasteiger partial charge >= 0.3 is 0 Å². The lowest BCUT2D eigenvalue weighted by Crippen LogP contribution is -2.35. The molecule has 0 saturated carbocycles. The standard InChI is InChI=1S/C9H15N3O2S/c1-12(2)15(13,14)11-7-8-4-3-5-9(10)6-8/h3-6,11H,7,10H2,1-2H3. The molecule has 0 bridgehead atoms. The normalized spacial score (nSPS) is 11.9. The summed E-state index contributed by atoms with van der Waals surface area (Å²) >= 11 is 0. The number of nitrogens with two attached hydrogens (primary N) is 1. The van der Waals surface area contributed by atoms with Gasteiger partial charge in [-0.3, -0.25) is 0 Å². The molecule has 1 aromatic carbocycles. The van der Waals surface area contributed by atoms with Gasteiger partial charge in [0.25, 0.3) is 10.2 Å². The van der Waals surface area contributed by atoms with Crippen LogP contribution in [0, 0.1) is 0 Å². The van der Waals surface area contributed by atoms with Gasteiger partial charge in [0.05, 0.1) is 0 Å². The van der Waals surface area contributed by atoms with Crippen molar-refractivity contribution in [2.24, 2.45) is 0 Å². The zero-order chi connectivity index (χ0) is 11.5. The van der Waals surface area contributed by atoms with Crippen molar-refractivity contribution in [1.82, 2.24) is 9.03 Å². The Morgan fingerprint density at radius 1 is 1.40 bits per heavy atom. The van der Waals surface area contributed by atoms with Gasteiger partial charge in [-0.1, -0.05) is 12.1 Å². The predicted molar refractivity (Wildman–Crippen MR) is 60.3 cm³/mol. The average molecular weight is 229 g/mol. The highest BCUT2D eigenvalue weighted by molar-refractivity contribution is 7.87. The summed E-state index contributed by atoms with van der Waals surface area (Å²) in [5.74, 6) is 0. The van der Waals surface area contributed by atoms with Crippen LogP contribution in [0.1, 0.15) is 5.56 Å². The van der Waals surface area contributed by atoms with Gasteiger partial charge in [-0.2, -0.15) is 17.4 Å². The Kier molecular flexibility index (Phi) is 3.67. The summed E-state index contributed by atoms with van der Waals surface area (Å²) in [5, 5.41) is 0. The van der Waals surface area contributed by atoms with E-state index in [4.69, 9.17) is 5.73 Å². The minimum absolute atomic E-state index is 0.242. The molecular formula is C9H15N3O2S. The second-order valence-corrected chi connectivity index (χ2v) is 5.32. The smallest absolute Gasteiger partial charge is 0.279 e. The van der Waals surface area contributed by atoms with Crippen molar-refractivity contribution in [2.45, 2.75) is 6.54 Å². The minimum atomic E-state index is -3.37. The maximum Gasteiger partial charge on any atom is 0.279 e. The third-order valence-electron chi connectivity index (χ3n) is 1.89. The number of anilines is 1. The first kappa shape index (κ1) is 12.0. The molecule has 84 valence electrons. The first-order valence-corrected chi connectivity index (χ1v) is 5.87. The number of benzene rings is 1. The molecule has 0 aliphatic heterocycles. The largest absolute Gasteiger partial charge is 0.399 e. The highest BCUT2D eigenvalue weighted by atomic mass is 32.2. The number of nitrogen functional groups attached to an aromatic ring is 1. The number of hydrogen-bond donors (Lipinski definition) is 2. The quantitative estimate of drug-likeness (QED) is 0.722. The van der Waals surface area contributed by atoms with Crippen molar-refractivity contribution >= 4 is 15.9 Å². The zero-order valence-electron chi connectivity index (χ0n) is 8.77. The van der Waals surface area contributed by atoms with E-state index in [0.717, 1.165) is 9.87 Å². The van der Waals surface area contributed by atoms with Crippen molar-refractivity contribution in [1.29, 1.82) is 0 Å². The van der Waals surface area contributed by atoms with Crippen molar-refractivity contribution in [3.8, 4) is 0 Å². The first-order valence-electron chi connectivity index (χ1n) is 4.43. The molecule has 0 spiro atoms. The minimum Gasteiger partial charge on any atom is -0.399 e. The Morgan fingerprint density at radius 2 is 2.07 bits per heavy atom. The summed E-state index contributed by atoms with van der Waals surface area (Å²) in [6, 6.07) is 7.09. The monoisotopic (exact) mass is 229 g/mol. The second-order valence-electron chi connectivity index (χ2n) is 3.35. The lowest BCUT2D eigenvalue weighted by atomic mass is 10.2. The zero-order valence-corrected chi connectivity index (χ0v) is 9.58. The van der Waals surface area contributed by atoms with Gasteiger partial charge < -0.3 is 5.73 Å². The summed E-state index contributed by atoms with van der Waals surface area (Å²) in [7, 11) is -0.419. The van der Waals surface area contributed by atoms with Crippen molar-refractivity contribution in [3.05, 3.63) is 29.8 Å².